The SMILES string of the molecule is CC(CCN1CCC(N(C)C)CC1)c1ccc(N)cc1. The van der Waals surface area contributed by atoms with Crippen molar-refractivity contribution in [2.24, 2.45) is 0 Å². The van der Waals surface area contributed by atoms with E-state index in [4.69, 9.17) is 5.73 Å². The average Bonchev–Trinajstić information content (AvgIpc) is 2.46. The lowest BCUT2D eigenvalue weighted by Crippen LogP contribution is -2.42. The second-order valence-corrected chi connectivity index (χ2v) is 6.39. The molecule has 1 atom stereocenters. The van der Waals surface area contributed by atoms with E-state index in [0.29, 0.717) is 5.92 Å². The van der Waals surface area contributed by atoms with Gasteiger partial charge in [0.2, 0.25) is 0 Å². The minimum Gasteiger partial charge on any atom is -0.399 e. The van der Waals surface area contributed by atoms with Gasteiger partial charge in [-0.1, -0.05) is 19.1 Å². The lowest BCUT2D eigenvalue weighted by molar-refractivity contribution is 0.142. The quantitative estimate of drug-likeness (QED) is 0.839. The van der Waals surface area contributed by atoms with Gasteiger partial charge < -0.3 is 15.5 Å². The Hall–Kier alpha value is -1.06. The molecule has 1 unspecified atom stereocenters. The Labute approximate surface area is 123 Å². The first-order valence-corrected chi connectivity index (χ1v) is 7.80. The van der Waals surface area contributed by atoms with Crippen LogP contribution in [-0.2, 0) is 0 Å². The van der Waals surface area contributed by atoms with E-state index in [1.54, 1.807) is 0 Å². The number of piperidine rings is 1. The van der Waals surface area contributed by atoms with E-state index in [-0.39, 0.29) is 0 Å². The molecule has 1 heterocycles. The van der Waals surface area contributed by atoms with E-state index in [9.17, 15) is 0 Å². The highest BCUT2D eigenvalue weighted by molar-refractivity contribution is 5.40. The van der Waals surface area contributed by atoms with Crippen LogP contribution in [0.1, 0.15) is 37.7 Å². The first-order chi connectivity index (χ1) is 9.56. The summed E-state index contributed by atoms with van der Waals surface area (Å²) in [5, 5.41) is 0. The summed E-state index contributed by atoms with van der Waals surface area (Å²) in [6.07, 6.45) is 3.85. The first kappa shape index (κ1) is 15.3. The number of hydrogen-bond donors (Lipinski definition) is 1. The largest absolute Gasteiger partial charge is 0.399 e. The molecule has 0 radical (unpaired) electrons. The minimum atomic E-state index is 0.613. The molecule has 3 heteroatoms. The van der Waals surface area contributed by atoms with Crippen LogP contribution >= 0.6 is 0 Å². The van der Waals surface area contributed by atoms with Crippen molar-refractivity contribution in [3.05, 3.63) is 29.8 Å². The molecule has 0 spiro atoms. The fraction of sp³-hybridized carbons (Fsp3) is 0.647. The number of nitrogens with two attached hydrogens (primary N) is 1. The predicted octanol–water partition coefficient (Wildman–Crippen LogP) is 2.79. The van der Waals surface area contributed by atoms with Gasteiger partial charge in [0.25, 0.3) is 0 Å². The van der Waals surface area contributed by atoms with Crippen LogP contribution in [0.4, 0.5) is 5.69 Å². The van der Waals surface area contributed by atoms with Gasteiger partial charge in [-0.05, 0) is 76.6 Å². The molecule has 1 fully saturated rings. The van der Waals surface area contributed by atoms with Crippen LogP contribution in [0.3, 0.4) is 0 Å². The smallest absolute Gasteiger partial charge is 0.0314 e. The van der Waals surface area contributed by atoms with Gasteiger partial charge >= 0.3 is 0 Å². The summed E-state index contributed by atoms with van der Waals surface area (Å²) < 4.78 is 0. The van der Waals surface area contributed by atoms with Crippen molar-refractivity contribution in [2.45, 2.75) is 38.1 Å². The molecule has 1 saturated heterocycles. The van der Waals surface area contributed by atoms with E-state index < -0.39 is 0 Å². The highest BCUT2D eigenvalue weighted by atomic mass is 15.2. The van der Waals surface area contributed by atoms with Crippen molar-refractivity contribution in [2.75, 3.05) is 39.5 Å². The topological polar surface area (TPSA) is 32.5 Å². The summed E-state index contributed by atoms with van der Waals surface area (Å²) in [5.41, 5.74) is 8.00. The lowest BCUT2D eigenvalue weighted by atomic mass is 9.96. The van der Waals surface area contributed by atoms with Crippen molar-refractivity contribution < 1.29 is 0 Å². The Morgan fingerprint density at radius 2 is 1.80 bits per heavy atom. The van der Waals surface area contributed by atoms with Crippen molar-refractivity contribution in [1.29, 1.82) is 0 Å². The zero-order valence-corrected chi connectivity index (χ0v) is 13.2. The maximum atomic E-state index is 5.74. The van der Waals surface area contributed by atoms with Crippen molar-refractivity contribution in [1.82, 2.24) is 9.80 Å². The maximum Gasteiger partial charge on any atom is 0.0314 e. The normalized spacial score (nSPS) is 19.4. The summed E-state index contributed by atoms with van der Waals surface area (Å²) >= 11 is 0. The van der Waals surface area contributed by atoms with Crippen molar-refractivity contribution >= 4 is 5.69 Å². The molecule has 112 valence electrons. The number of likely N-dealkylation sites (tertiary alicyclic amines) is 1. The minimum absolute atomic E-state index is 0.613. The summed E-state index contributed by atoms with van der Waals surface area (Å²) in [4.78, 5) is 4.99. The molecular formula is C17H29N3. The van der Waals surface area contributed by atoms with Crippen LogP contribution in [0.5, 0.6) is 0 Å². The monoisotopic (exact) mass is 275 g/mol. The number of nitrogen functional groups attached to an aromatic ring is 1. The molecule has 1 aromatic rings. The molecule has 20 heavy (non-hydrogen) atoms. The van der Waals surface area contributed by atoms with E-state index in [2.05, 4.69) is 43.0 Å². The van der Waals surface area contributed by atoms with Gasteiger partial charge in [0, 0.05) is 11.7 Å². The first-order valence-electron chi connectivity index (χ1n) is 7.80. The third-order valence-corrected chi connectivity index (χ3v) is 4.67. The Kier molecular flexibility index (Phi) is 5.44. The Morgan fingerprint density at radius 3 is 2.35 bits per heavy atom. The fourth-order valence-electron chi connectivity index (χ4n) is 3.03. The second-order valence-electron chi connectivity index (χ2n) is 6.39. The molecule has 0 aliphatic carbocycles. The van der Waals surface area contributed by atoms with Gasteiger partial charge in [-0.15, -0.1) is 0 Å². The highest BCUT2D eigenvalue weighted by Crippen LogP contribution is 2.22. The summed E-state index contributed by atoms with van der Waals surface area (Å²) in [7, 11) is 4.40. The molecule has 0 bridgehead atoms. The van der Waals surface area contributed by atoms with Crippen LogP contribution < -0.4 is 5.73 Å². The maximum absolute atomic E-state index is 5.74. The molecule has 0 saturated carbocycles. The number of nitrogens with zero attached hydrogens (tertiary/aromatic N) is 2. The number of hydrogen-bond acceptors (Lipinski definition) is 3. The third kappa shape index (κ3) is 4.22. The average molecular weight is 275 g/mol. The second kappa shape index (κ2) is 7.09. The van der Waals surface area contributed by atoms with Crippen LogP contribution in [0.25, 0.3) is 0 Å². The third-order valence-electron chi connectivity index (χ3n) is 4.67. The highest BCUT2D eigenvalue weighted by Gasteiger charge is 2.20. The molecule has 1 aliphatic rings. The molecular weight excluding hydrogens is 246 g/mol. The Morgan fingerprint density at radius 1 is 1.20 bits per heavy atom. The molecule has 3 nitrogen and oxygen atoms in total. The van der Waals surface area contributed by atoms with Gasteiger partial charge in [0.05, 0.1) is 0 Å². The van der Waals surface area contributed by atoms with Gasteiger partial charge in [-0.2, -0.15) is 0 Å². The van der Waals surface area contributed by atoms with Gasteiger partial charge in [-0.3, -0.25) is 0 Å². The van der Waals surface area contributed by atoms with Gasteiger partial charge in [0.15, 0.2) is 0 Å². The van der Waals surface area contributed by atoms with Crippen LogP contribution in [-0.4, -0.2) is 49.6 Å². The predicted molar refractivity (Wildman–Crippen MR) is 87.0 cm³/mol. The van der Waals surface area contributed by atoms with Crippen LogP contribution in [0, 0.1) is 0 Å². The molecule has 0 amide bonds. The van der Waals surface area contributed by atoms with E-state index in [0.717, 1.165) is 11.7 Å². The van der Waals surface area contributed by atoms with E-state index in [1.807, 2.05) is 12.1 Å². The molecule has 1 aromatic carbocycles. The zero-order valence-electron chi connectivity index (χ0n) is 13.2. The standard InChI is InChI=1S/C17H29N3/c1-14(15-4-6-16(18)7-5-15)8-11-20-12-9-17(10-13-20)19(2)3/h4-7,14,17H,8-13,18H2,1-3H3. The zero-order chi connectivity index (χ0) is 14.5. The Bertz CT molecular complexity index is 391. The van der Waals surface area contributed by atoms with Crippen LogP contribution in [0.15, 0.2) is 24.3 Å². The summed E-state index contributed by atoms with van der Waals surface area (Å²) in [6.45, 7) is 6.03. The molecule has 2 rings (SSSR count). The lowest BCUT2D eigenvalue weighted by Gasteiger charge is -2.35. The molecule has 2 N–H and O–H groups in total. The van der Waals surface area contributed by atoms with E-state index >= 15 is 0 Å². The van der Waals surface area contributed by atoms with E-state index in [1.165, 1.54) is 44.5 Å². The molecule has 1 aliphatic heterocycles. The van der Waals surface area contributed by atoms with Crippen molar-refractivity contribution in [3.63, 3.8) is 0 Å². The number of benzene rings is 1. The van der Waals surface area contributed by atoms with Gasteiger partial charge in [-0.25, -0.2) is 0 Å². The summed E-state index contributed by atoms with van der Waals surface area (Å²) in [6, 6.07) is 9.13. The number of anilines is 1. The number of rotatable bonds is 5. The van der Waals surface area contributed by atoms with Gasteiger partial charge in [0.1, 0.15) is 0 Å². The summed E-state index contributed by atoms with van der Waals surface area (Å²) in [5.74, 6) is 0.613. The Balaban J connectivity index is 1.74. The van der Waals surface area contributed by atoms with Crippen LogP contribution in [0.2, 0.25) is 0 Å². The van der Waals surface area contributed by atoms with Crippen molar-refractivity contribution in [3.8, 4) is 0 Å². The molecule has 0 aromatic heterocycles. The fourth-order valence-corrected chi connectivity index (χ4v) is 3.03.